The first-order chi connectivity index (χ1) is 11.7. The average Bonchev–Trinajstić information content (AvgIpc) is 2.60. The van der Waals surface area contributed by atoms with Gasteiger partial charge >= 0.3 is 5.97 Å². The van der Waals surface area contributed by atoms with Gasteiger partial charge in [0.25, 0.3) is 0 Å². The standard InChI is InChI=1S/C17H17ClN2O4/c1-22-10-11-8-13(18)16(19-9-11)20-6-7-24-15-12(17(21)23-2)4-3-5-14(15)20/h3-5,8-9H,6-7,10H2,1-2H3. The molecule has 7 heteroatoms. The van der Waals surface area contributed by atoms with Crippen molar-refractivity contribution < 1.29 is 19.0 Å². The summed E-state index contributed by atoms with van der Waals surface area (Å²) in [7, 11) is 2.96. The van der Waals surface area contributed by atoms with E-state index in [1.807, 2.05) is 17.0 Å². The van der Waals surface area contributed by atoms with E-state index < -0.39 is 5.97 Å². The first-order valence-corrected chi connectivity index (χ1v) is 7.78. The lowest BCUT2D eigenvalue weighted by Crippen LogP contribution is -2.30. The van der Waals surface area contributed by atoms with Crippen LogP contribution in [0.4, 0.5) is 11.5 Å². The van der Waals surface area contributed by atoms with E-state index in [2.05, 4.69) is 4.98 Å². The molecule has 0 N–H and O–H groups in total. The molecule has 0 radical (unpaired) electrons. The number of hydrogen-bond acceptors (Lipinski definition) is 6. The Bertz CT molecular complexity index is 766. The van der Waals surface area contributed by atoms with E-state index in [1.54, 1.807) is 25.4 Å². The molecule has 0 spiro atoms. The van der Waals surface area contributed by atoms with E-state index in [0.717, 1.165) is 11.3 Å². The van der Waals surface area contributed by atoms with Gasteiger partial charge in [0.1, 0.15) is 12.2 Å². The second-order valence-electron chi connectivity index (χ2n) is 5.23. The Labute approximate surface area is 144 Å². The number of carbonyl (C=O) groups excluding carboxylic acids is 1. The molecule has 1 aromatic carbocycles. The van der Waals surface area contributed by atoms with Crippen molar-refractivity contribution in [1.29, 1.82) is 0 Å². The zero-order valence-electron chi connectivity index (χ0n) is 13.4. The minimum atomic E-state index is -0.441. The molecule has 2 aromatic rings. The molecule has 0 aliphatic carbocycles. The number of nitrogens with zero attached hydrogens (tertiary/aromatic N) is 2. The summed E-state index contributed by atoms with van der Waals surface area (Å²) in [5.74, 6) is 0.653. The smallest absolute Gasteiger partial charge is 0.341 e. The summed E-state index contributed by atoms with van der Waals surface area (Å²) in [6.07, 6.45) is 1.73. The monoisotopic (exact) mass is 348 g/mol. The minimum Gasteiger partial charge on any atom is -0.489 e. The highest BCUT2D eigenvalue weighted by Gasteiger charge is 2.27. The van der Waals surface area contributed by atoms with Crippen LogP contribution >= 0.6 is 11.6 Å². The Kier molecular flexibility index (Phi) is 4.87. The maximum Gasteiger partial charge on any atom is 0.341 e. The van der Waals surface area contributed by atoms with Crippen molar-refractivity contribution in [3.05, 3.63) is 46.6 Å². The molecule has 1 aromatic heterocycles. The maximum absolute atomic E-state index is 11.9. The minimum absolute atomic E-state index is 0.381. The Morgan fingerprint density at radius 2 is 2.25 bits per heavy atom. The van der Waals surface area contributed by atoms with Crippen LogP contribution in [0.1, 0.15) is 15.9 Å². The quantitative estimate of drug-likeness (QED) is 0.791. The summed E-state index contributed by atoms with van der Waals surface area (Å²) < 4.78 is 15.6. The third kappa shape index (κ3) is 3.02. The number of hydrogen-bond donors (Lipinski definition) is 0. The van der Waals surface area contributed by atoms with Crippen molar-refractivity contribution in [2.24, 2.45) is 0 Å². The SMILES string of the molecule is COCc1cnc(N2CCOc3c(C(=O)OC)cccc32)c(Cl)c1. The molecule has 1 aliphatic heterocycles. The number of methoxy groups -OCH3 is 2. The highest BCUT2D eigenvalue weighted by Crippen LogP contribution is 2.40. The molecule has 0 saturated carbocycles. The predicted octanol–water partition coefficient (Wildman–Crippen LogP) is 3.20. The normalized spacial score (nSPS) is 13.2. The summed E-state index contributed by atoms with van der Waals surface area (Å²) >= 11 is 6.40. The van der Waals surface area contributed by atoms with Gasteiger partial charge < -0.3 is 19.1 Å². The Morgan fingerprint density at radius 1 is 1.42 bits per heavy atom. The van der Waals surface area contributed by atoms with Crippen LogP contribution in [0.25, 0.3) is 0 Å². The molecule has 0 unspecified atom stereocenters. The van der Waals surface area contributed by atoms with E-state index in [-0.39, 0.29) is 0 Å². The van der Waals surface area contributed by atoms with Gasteiger partial charge in [-0.1, -0.05) is 17.7 Å². The number of ether oxygens (including phenoxy) is 3. The van der Waals surface area contributed by atoms with E-state index in [9.17, 15) is 4.79 Å². The maximum atomic E-state index is 11.9. The molecule has 0 fully saturated rings. The molecule has 2 heterocycles. The van der Waals surface area contributed by atoms with Crippen molar-refractivity contribution in [2.75, 3.05) is 32.3 Å². The molecule has 0 bridgehead atoms. The average molecular weight is 349 g/mol. The van der Waals surface area contributed by atoms with Gasteiger partial charge in [0.2, 0.25) is 0 Å². The van der Waals surface area contributed by atoms with Crippen LogP contribution in [0, 0.1) is 0 Å². The van der Waals surface area contributed by atoms with Gasteiger partial charge in [-0.15, -0.1) is 0 Å². The van der Waals surface area contributed by atoms with E-state index >= 15 is 0 Å². The number of aromatic nitrogens is 1. The van der Waals surface area contributed by atoms with E-state index in [1.165, 1.54) is 7.11 Å². The van der Waals surface area contributed by atoms with Gasteiger partial charge in [-0.25, -0.2) is 9.78 Å². The largest absolute Gasteiger partial charge is 0.489 e. The molecular formula is C17H17ClN2O4. The Hall–Kier alpha value is -2.31. The lowest BCUT2D eigenvalue weighted by molar-refractivity contribution is 0.0596. The highest BCUT2D eigenvalue weighted by atomic mass is 35.5. The second-order valence-corrected chi connectivity index (χ2v) is 5.63. The first kappa shape index (κ1) is 16.5. The van der Waals surface area contributed by atoms with Crippen molar-refractivity contribution in [2.45, 2.75) is 6.61 Å². The van der Waals surface area contributed by atoms with Crippen LogP contribution in [-0.4, -0.2) is 38.3 Å². The summed E-state index contributed by atoms with van der Waals surface area (Å²) in [6, 6.07) is 7.14. The third-order valence-corrected chi connectivity index (χ3v) is 3.97. The fraction of sp³-hybridized carbons (Fsp3) is 0.294. The molecule has 3 rings (SSSR count). The third-order valence-electron chi connectivity index (χ3n) is 3.70. The van der Waals surface area contributed by atoms with Crippen molar-refractivity contribution in [3.63, 3.8) is 0 Å². The fourth-order valence-electron chi connectivity index (χ4n) is 2.65. The number of halogens is 1. The van der Waals surface area contributed by atoms with Crippen molar-refractivity contribution >= 4 is 29.1 Å². The number of fused-ring (bicyclic) bond motifs is 1. The summed E-state index contributed by atoms with van der Waals surface area (Å²) in [5.41, 5.74) is 2.01. The van der Waals surface area contributed by atoms with Crippen LogP contribution < -0.4 is 9.64 Å². The van der Waals surface area contributed by atoms with Gasteiger partial charge in [0.05, 0.1) is 31.0 Å². The van der Waals surface area contributed by atoms with Gasteiger partial charge in [-0.3, -0.25) is 0 Å². The molecule has 24 heavy (non-hydrogen) atoms. The lowest BCUT2D eigenvalue weighted by Gasteiger charge is -2.31. The molecular weight excluding hydrogens is 332 g/mol. The number of pyridine rings is 1. The lowest BCUT2D eigenvalue weighted by atomic mass is 10.1. The van der Waals surface area contributed by atoms with Gasteiger partial charge in [0.15, 0.2) is 11.6 Å². The summed E-state index contributed by atoms with van der Waals surface area (Å²) in [4.78, 5) is 18.3. The molecule has 1 aliphatic rings. The van der Waals surface area contributed by atoms with Crippen LogP contribution in [0.3, 0.4) is 0 Å². The van der Waals surface area contributed by atoms with Crippen molar-refractivity contribution in [3.8, 4) is 5.75 Å². The second kappa shape index (κ2) is 7.07. The van der Waals surface area contributed by atoms with Crippen LogP contribution in [0.5, 0.6) is 5.75 Å². The molecule has 0 saturated heterocycles. The fourth-order valence-corrected chi connectivity index (χ4v) is 2.94. The van der Waals surface area contributed by atoms with Crippen LogP contribution in [0.15, 0.2) is 30.5 Å². The number of para-hydroxylation sites is 1. The van der Waals surface area contributed by atoms with E-state index in [4.69, 9.17) is 25.8 Å². The molecule has 6 nitrogen and oxygen atoms in total. The number of rotatable bonds is 4. The van der Waals surface area contributed by atoms with E-state index in [0.29, 0.717) is 41.9 Å². The number of benzene rings is 1. The zero-order valence-corrected chi connectivity index (χ0v) is 14.2. The zero-order chi connectivity index (χ0) is 17.1. The van der Waals surface area contributed by atoms with Gasteiger partial charge in [-0.05, 0) is 23.8 Å². The molecule has 126 valence electrons. The number of esters is 1. The first-order valence-electron chi connectivity index (χ1n) is 7.40. The summed E-state index contributed by atoms with van der Waals surface area (Å²) in [5, 5.41) is 0.515. The van der Waals surface area contributed by atoms with Gasteiger partial charge in [-0.2, -0.15) is 0 Å². The van der Waals surface area contributed by atoms with Crippen LogP contribution in [0.2, 0.25) is 5.02 Å². The highest BCUT2D eigenvalue weighted by molar-refractivity contribution is 6.33. The van der Waals surface area contributed by atoms with Crippen molar-refractivity contribution in [1.82, 2.24) is 4.98 Å². The Balaban J connectivity index is 2.03. The molecule has 0 amide bonds. The number of carbonyl (C=O) groups is 1. The topological polar surface area (TPSA) is 60.9 Å². The molecule has 0 atom stereocenters. The van der Waals surface area contributed by atoms with Crippen LogP contribution in [-0.2, 0) is 16.1 Å². The summed E-state index contributed by atoms with van der Waals surface area (Å²) in [6.45, 7) is 1.44. The predicted molar refractivity (Wildman–Crippen MR) is 90.2 cm³/mol. The Morgan fingerprint density at radius 3 is 2.96 bits per heavy atom. The van der Waals surface area contributed by atoms with Gasteiger partial charge in [0, 0.05) is 13.3 Å². The number of anilines is 2.